The fourth-order valence-electron chi connectivity index (χ4n) is 2.79. The van der Waals surface area contributed by atoms with Crippen LogP contribution in [0.1, 0.15) is 26.3 Å². The van der Waals surface area contributed by atoms with E-state index >= 15 is 0 Å². The Kier molecular flexibility index (Phi) is 3.55. The maximum atomic E-state index is 12.4. The number of aryl methyl sites for hydroxylation is 1. The summed E-state index contributed by atoms with van der Waals surface area (Å²) in [6, 6.07) is 7.74. The summed E-state index contributed by atoms with van der Waals surface area (Å²) in [6.07, 6.45) is 0.468. The van der Waals surface area contributed by atoms with Gasteiger partial charge < -0.3 is 10.5 Å². The fraction of sp³-hybridized carbons (Fsp3) is 0.412. The number of nitrogens with two attached hydrogens (primary N) is 1. The lowest BCUT2D eigenvalue weighted by Crippen LogP contribution is -2.35. The Hall–Kier alpha value is -2.50. The molecule has 6 nitrogen and oxygen atoms in total. The summed E-state index contributed by atoms with van der Waals surface area (Å²) in [5.41, 5.74) is 9.22. The van der Waals surface area contributed by atoms with Crippen LogP contribution in [0, 0.1) is 0 Å². The predicted octanol–water partition coefficient (Wildman–Crippen LogP) is 2.97. The first kappa shape index (κ1) is 15.4. The second-order valence-corrected chi connectivity index (χ2v) is 6.76. The Balaban J connectivity index is 1.96. The van der Waals surface area contributed by atoms with Crippen molar-refractivity contribution in [2.45, 2.75) is 32.8 Å². The highest BCUT2D eigenvalue weighted by atomic mass is 16.6. The zero-order valence-electron chi connectivity index (χ0n) is 14.0. The first-order chi connectivity index (χ1) is 10.8. The lowest BCUT2D eigenvalue weighted by molar-refractivity contribution is 0.0584. The van der Waals surface area contributed by atoms with Gasteiger partial charge in [-0.25, -0.2) is 4.79 Å². The Morgan fingerprint density at radius 1 is 1.35 bits per heavy atom. The molecule has 0 spiro atoms. The van der Waals surface area contributed by atoms with Crippen molar-refractivity contribution in [3.05, 3.63) is 29.8 Å². The summed E-state index contributed by atoms with van der Waals surface area (Å²) in [5.74, 6) is 0.611. The summed E-state index contributed by atoms with van der Waals surface area (Å²) in [6.45, 7) is 6.22. The molecule has 0 bridgehead atoms. The van der Waals surface area contributed by atoms with Crippen molar-refractivity contribution >= 4 is 17.6 Å². The van der Waals surface area contributed by atoms with Crippen molar-refractivity contribution in [2.75, 3.05) is 17.2 Å². The number of carbonyl (C=O) groups is 1. The van der Waals surface area contributed by atoms with E-state index in [1.807, 2.05) is 52.1 Å². The second kappa shape index (κ2) is 5.30. The molecule has 2 aromatic rings. The molecule has 0 saturated heterocycles. The first-order valence-corrected chi connectivity index (χ1v) is 7.68. The number of hydrogen-bond donors (Lipinski definition) is 1. The normalized spacial score (nSPS) is 14.0. The van der Waals surface area contributed by atoms with Gasteiger partial charge in [0.2, 0.25) is 0 Å². The number of benzene rings is 1. The first-order valence-electron chi connectivity index (χ1n) is 7.68. The van der Waals surface area contributed by atoms with E-state index in [9.17, 15) is 4.79 Å². The molecule has 0 unspecified atom stereocenters. The van der Waals surface area contributed by atoms with Gasteiger partial charge in [0, 0.05) is 25.2 Å². The molecule has 3 rings (SSSR count). The molecule has 1 aromatic heterocycles. The third kappa shape index (κ3) is 2.88. The van der Waals surface area contributed by atoms with Gasteiger partial charge in [0.25, 0.3) is 0 Å². The maximum absolute atomic E-state index is 12.4. The van der Waals surface area contributed by atoms with Gasteiger partial charge in [-0.15, -0.1) is 0 Å². The zero-order valence-corrected chi connectivity index (χ0v) is 14.0. The average Bonchev–Trinajstić information content (AvgIpc) is 3.01. The standard InChI is InChI=1S/C17H22N4O2/c1-17(2,3)23-16(22)21-9-8-12-11(6-5-7-14(12)21)13-10-15(18)20(4)19-13/h5-7,10H,8-9,18H2,1-4H3. The van der Waals surface area contributed by atoms with E-state index in [0.717, 1.165) is 28.9 Å². The number of nitrogens with zero attached hydrogens (tertiary/aromatic N) is 3. The number of fused-ring (bicyclic) bond motifs is 1. The summed E-state index contributed by atoms with van der Waals surface area (Å²) in [7, 11) is 1.81. The van der Waals surface area contributed by atoms with E-state index < -0.39 is 5.60 Å². The minimum atomic E-state index is -0.507. The van der Waals surface area contributed by atoms with Gasteiger partial charge in [0.05, 0.1) is 11.4 Å². The summed E-state index contributed by atoms with van der Waals surface area (Å²) < 4.78 is 7.14. The van der Waals surface area contributed by atoms with Crippen LogP contribution in [0.3, 0.4) is 0 Å². The summed E-state index contributed by atoms with van der Waals surface area (Å²) >= 11 is 0. The van der Waals surface area contributed by atoms with E-state index in [1.54, 1.807) is 9.58 Å². The molecule has 1 aromatic carbocycles. The van der Waals surface area contributed by atoms with Gasteiger partial charge in [0.15, 0.2) is 0 Å². The van der Waals surface area contributed by atoms with Crippen LogP contribution in [0.5, 0.6) is 0 Å². The average molecular weight is 314 g/mol. The van der Waals surface area contributed by atoms with Crippen molar-refractivity contribution in [2.24, 2.45) is 7.05 Å². The van der Waals surface area contributed by atoms with E-state index in [1.165, 1.54) is 0 Å². The molecule has 23 heavy (non-hydrogen) atoms. The quantitative estimate of drug-likeness (QED) is 0.878. The van der Waals surface area contributed by atoms with Crippen LogP contribution in [0.25, 0.3) is 11.3 Å². The number of hydrogen-bond acceptors (Lipinski definition) is 4. The monoisotopic (exact) mass is 314 g/mol. The molecule has 0 fully saturated rings. The number of rotatable bonds is 1. The molecule has 0 aliphatic carbocycles. The topological polar surface area (TPSA) is 73.4 Å². The molecular weight excluding hydrogens is 292 g/mol. The second-order valence-electron chi connectivity index (χ2n) is 6.76. The molecule has 1 aliphatic heterocycles. The van der Waals surface area contributed by atoms with Gasteiger partial charge in [-0.2, -0.15) is 5.10 Å². The molecule has 0 atom stereocenters. The minimum absolute atomic E-state index is 0.311. The Bertz CT molecular complexity index is 739. The molecule has 2 heterocycles. The summed E-state index contributed by atoms with van der Waals surface area (Å²) in [5, 5.41) is 4.44. The van der Waals surface area contributed by atoms with Crippen LogP contribution in [-0.2, 0) is 18.2 Å². The molecular formula is C17H22N4O2. The van der Waals surface area contributed by atoms with Gasteiger partial charge in [-0.3, -0.25) is 9.58 Å². The SMILES string of the molecule is Cn1nc(-c2cccc3c2CCN3C(=O)OC(C)(C)C)cc1N. The van der Waals surface area contributed by atoms with Crippen molar-refractivity contribution in [1.82, 2.24) is 9.78 Å². The Labute approximate surface area is 135 Å². The number of amides is 1. The molecule has 0 saturated carbocycles. The molecule has 1 aliphatic rings. The number of ether oxygens (including phenoxy) is 1. The van der Waals surface area contributed by atoms with Crippen molar-refractivity contribution in [1.29, 1.82) is 0 Å². The fourth-order valence-corrected chi connectivity index (χ4v) is 2.79. The third-order valence-electron chi connectivity index (χ3n) is 3.83. The summed E-state index contributed by atoms with van der Waals surface area (Å²) in [4.78, 5) is 14.1. The van der Waals surface area contributed by atoms with Crippen LogP contribution in [-0.4, -0.2) is 28.0 Å². The van der Waals surface area contributed by atoms with E-state index in [0.29, 0.717) is 12.4 Å². The van der Waals surface area contributed by atoms with Crippen molar-refractivity contribution in [3.8, 4) is 11.3 Å². The van der Waals surface area contributed by atoms with Gasteiger partial charge in [-0.05, 0) is 38.8 Å². The van der Waals surface area contributed by atoms with Crippen molar-refractivity contribution in [3.63, 3.8) is 0 Å². The number of carbonyl (C=O) groups excluding carboxylic acids is 1. The van der Waals surface area contributed by atoms with E-state index in [-0.39, 0.29) is 6.09 Å². The number of anilines is 2. The predicted molar refractivity (Wildman–Crippen MR) is 90.3 cm³/mol. The van der Waals surface area contributed by atoms with Crippen LogP contribution in [0.2, 0.25) is 0 Å². The van der Waals surface area contributed by atoms with Gasteiger partial charge in [-0.1, -0.05) is 12.1 Å². The maximum Gasteiger partial charge on any atom is 0.414 e. The number of aromatic nitrogens is 2. The highest BCUT2D eigenvalue weighted by molar-refractivity contribution is 5.92. The molecule has 2 N–H and O–H groups in total. The third-order valence-corrected chi connectivity index (χ3v) is 3.83. The van der Waals surface area contributed by atoms with E-state index in [2.05, 4.69) is 5.10 Å². The zero-order chi connectivity index (χ0) is 16.8. The van der Waals surface area contributed by atoms with E-state index in [4.69, 9.17) is 10.5 Å². The largest absolute Gasteiger partial charge is 0.443 e. The highest BCUT2D eigenvalue weighted by Gasteiger charge is 2.30. The Morgan fingerprint density at radius 3 is 2.70 bits per heavy atom. The van der Waals surface area contributed by atoms with Crippen LogP contribution in [0.4, 0.5) is 16.3 Å². The van der Waals surface area contributed by atoms with Crippen molar-refractivity contribution < 1.29 is 9.53 Å². The van der Waals surface area contributed by atoms with Crippen LogP contribution < -0.4 is 10.6 Å². The van der Waals surface area contributed by atoms with Gasteiger partial charge >= 0.3 is 6.09 Å². The molecule has 6 heteroatoms. The smallest absolute Gasteiger partial charge is 0.414 e. The van der Waals surface area contributed by atoms with Gasteiger partial charge in [0.1, 0.15) is 11.4 Å². The molecule has 0 radical (unpaired) electrons. The molecule has 122 valence electrons. The van der Waals surface area contributed by atoms with Crippen LogP contribution >= 0.6 is 0 Å². The highest BCUT2D eigenvalue weighted by Crippen LogP contribution is 2.36. The molecule has 1 amide bonds. The Morgan fingerprint density at radius 2 is 2.09 bits per heavy atom. The number of nitrogen functional groups attached to an aromatic ring is 1. The minimum Gasteiger partial charge on any atom is -0.443 e. The lowest BCUT2D eigenvalue weighted by Gasteiger charge is -2.24. The lowest BCUT2D eigenvalue weighted by atomic mass is 10.0. The van der Waals surface area contributed by atoms with Crippen LogP contribution in [0.15, 0.2) is 24.3 Å².